The van der Waals surface area contributed by atoms with Crippen LogP contribution in [0.2, 0.25) is 0 Å². The number of hydrogen-bond acceptors (Lipinski definition) is 3. The molecule has 0 rings (SSSR count). The Morgan fingerprint density at radius 2 is 1.50 bits per heavy atom. The summed E-state index contributed by atoms with van der Waals surface area (Å²) >= 11 is 0. The van der Waals surface area contributed by atoms with Crippen LogP contribution in [0.15, 0.2) is 0 Å². The van der Waals surface area contributed by atoms with Crippen LogP contribution in [0.25, 0.3) is 0 Å². The van der Waals surface area contributed by atoms with Crippen molar-refractivity contribution in [3.05, 3.63) is 0 Å². The van der Waals surface area contributed by atoms with E-state index >= 15 is 0 Å². The molecule has 0 aromatic rings. The molecule has 0 aromatic carbocycles. The predicted molar refractivity (Wildman–Crippen MR) is 64.0 cm³/mol. The smallest absolute Gasteiger partial charge is 0.236 e. The van der Waals surface area contributed by atoms with Gasteiger partial charge in [0.2, 0.25) is 11.8 Å². The highest BCUT2D eigenvalue weighted by Gasteiger charge is 2.18. The average molecular weight is 229 g/mol. The Kier molecular flexibility index (Phi) is 7.54. The number of carbonyl (C=O) groups is 2. The maximum atomic E-state index is 11.5. The van der Waals surface area contributed by atoms with Crippen LogP contribution in [0, 0.1) is 0 Å². The molecule has 2 atom stereocenters. The molecule has 3 N–H and O–H groups in total. The lowest BCUT2D eigenvalue weighted by molar-refractivity contribution is -0.125. The van der Waals surface area contributed by atoms with Crippen molar-refractivity contribution in [2.45, 2.75) is 46.2 Å². The molecule has 0 aromatic heterocycles. The van der Waals surface area contributed by atoms with E-state index in [0.717, 1.165) is 6.42 Å². The summed E-state index contributed by atoms with van der Waals surface area (Å²) in [6.07, 6.45) is 0.907. The molecule has 0 radical (unpaired) electrons. The molecule has 0 aliphatic heterocycles. The van der Waals surface area contributed by atoms with Gasteiger partial charge in [-0.3, -0.25) is 14.9 Å². The van der Waals surface area contributed by atoms with E-state index in [9.17, 15) is 9.59 Å². The van der Waals surface area contributed by atoms with E-state index in [1.165, 1.54) is 0 Å². The number of nitrogens with one attached hydrogen (secondary N) is 3. The normalized spacial score (nSPS) is 14.0. The van der Waals surface area contributed by atoms with Gasteiger partial charge in [0.05, 0.1) is 12.1 Å². The molecule has 0 aliphatic rings. The lowest BCUT2D eigenvalue weighted by atomic mass is 10.2. The molecule has 2 unspecified atom stereocenters. The zero-order valence-electron chi connectivity index (χ0n) is 10.6. The molecular weight excluding hydrogens is 206 g/mol. The lowest BCUT2D eigenvalue weighted by Gasteiger charge is -2.18. The standard InChI is InChI=1S/C11H23N3O2/c1-5-7-13-11(16)9(4)14-8(3)10(15)12-6-2/h8-9,14H,5-7H2,1-4H3,(H,12,15)(H,13,16). The third kappa shape index (κ3) is 5.70. The van der Waals surface area contributed by atoms with Crippen molar-refractivity contribution in [2.24, 2.45) is 0 Å². The number of amides is 2. The van der Waals surface area contributed by atoms with Crippen molar-refractivity contribution in [1.29, 1.82) is 0 Å². The van der Waals surface area contributed by atoms with Crippen molar-refractivity contribution >= 4 is 11.8 Å². The highest BCUT2D eigenvalue weighted by atomic mass is 16.2. The summed E-state index contributed by atoms with van der Waals surface area (Å²) in [6.45, 7) is 8.62. The van der Waals surface area contributed by atoms with Crippen LogP contribution in [0.5, 0.6) is 0 Å². The first kappa shape index (κ1) is 14.9. The Bertz CT molecular complexity index is 231. The Morgan fingerprint density at radius 1 is 1.00 bits per heavy atom. The van der Waals surface area contributed by atoms with Crippen LogP contribution in [0.3, 0.4) is 0 Å². The molecule has 0 saturated heterocycles. The lowest BCUT2D eigenvalue weighted by Crippen LogP contribution is -2.51. The highest BCUT2D eigenvalue weighted by molar-refractivity contribution is 5.84. The van der Waals surface area contributed by atoms with Gasteiger partial charge in [-0.25, -0.2) is 0 Å². The molecule has 0 heterocycles. The maximum Gasteiger partial charge on any atom is 0.236 e. The van der Waals surface area contributed by atoms with Crippen LogP contribution < -0.4 is 16.0 Å². The molecule has 2 amide bonds. The summed E-state index contributed by atoms with van der Waals surface area (Å²) in [5.74, 6) is -0.157. The van der Waals surface area contributed by atoms with E-state index in [4.69, 9.17) is 0 Å². The van der Waals surface area contributed by atoms with Gasteiger partial charge < -0.3 is 10.6 Å². The van der Waals surface area contributed by atoms with Gasteiger partial charge in [0.15, 0.2) is 0 Å². The van der Waals surface area contributed by atoms with Crippen molar-refractivity contribution in [3.63, 3.8) is 0 Å². The molecule has 5 heteroatoms. The van der Waals surface area contributed by atoms with Crippen LogP contribution in [-0.4, -0.2) is 37.0 Å². The van der Waals surface area contributed by atoms with Gasteiger partial charge in [-0.05, 0) is 27.2 Å². The number of likely N-dealkylation sites (N-methyl/N-ethyl adjacent to an activating group) is 1. The zero-order chi connectivity index (χ0) is 12.6. The summed E-state index contributed by atoms with van der Waals surface area (Å²) in [6, 6.07) is -0.716. The Hall–Kier alpha value is -1.10. The number of rotatable bonds is 7. The fourth-order valence-corrected chi connectivity index (χ4v) is 1.25. The van der Waals surface area contributed by atoms with E-state index in [1.807, 2.05) is 13.8 Å². The summed E-state index contributed by atoms with van der Waals surface area (Å²) in [7, 11) is 0. The summed E-state index contributed by atoms with van der Waals surface area (Å²) < 4.78 is 0. The zero-order valence-corrected chi connectivity index (χ0v) is 10.6. The van der Waals surface area contributed by atoms with E-state index in [2.05, 4.69) is 16.0 Å². The monoisotopic (exact) mass is 229 g/mol. The van der Waals surface area contributed by atoms with E-state index in [-0.39, 0.29) is 23.9 Å². The minimum atomic E-state index is -0.359. The third-order valence-electron chi connectivity index (χ3n) is 2.19. The second-order valence-corrected chi connectivity index (χ2v) is 3.80. The van der Waals surface area contributed by atoms with Crippen LogP contribution in [0.4, 0.5) is 0 Å². The fraction of sp³-hybridized carbons (Fsp3) is 0.818. The Labute approximate surface area is 97.4 Å². The highest BCUT2D eigenvalue weighted by Crippen LogP contribution is 1.89. The Balaban J connectivity index is 3.97. The van der Waals surface area contributed by atoms with Gasteiger partial charge in [-0.15, -0.1) is 0 Å². The fourth-order valence-electron chi connectivity index (χ4n) is 1.25. The maximum absolute atomic E-state index is 11.5. The molecule has 0 aliphatic carbocycles. The molecule has 0 fully saturated rings. The first-order valence-corrected chi connectivity index (χ1v) is 5.84. The molecule has 0 saturated carbocycles. The second-order valence-electron chi connectivity index (χ2n) is 3.80. The molecule has 94 valence electrons. The van der Waals surface area contributed by atoms with E-state index in [0.29, 0.717) is 13.1 Å². The summed E-state index contributed by atoms with van der Waals surface area (Å²) in [4.78, 5) is 22.9. The Morgan fingerprint density at radius 3 is 1.94 bits per heavy atom. The molecule has 0 bridgehead atoms. The van der Waals surface area contributed by atoms with Crippen LogP contribution in [0.1, 0.15) is 34.1 Å². The topological polar surface area (TPSA) is 70.2 Å². The summed E-state index contributed by atoms with van der Waals surface area (Å²) in [5, 5.41) is 8.42. The molecule has 0 spiro atoms. The molecule has 16 heavy (non-hydrogen) atoms. The van der Waals surface area contributed by atoms with Gasteiger partial charge in [0, 0.05) is 13.1 Å². The first-order chi connectivity index (χ1) is 7.52. The van der Waals surface area contributed by atoms with Crippen LogP contribution in [-0.2, 0) is 9.59 Å². The number of carbonyl (C=O) groups excluding carboxylic acids is 2. The quantitative estimate of drug-likeness (QED) is 0.576. The van der Waals surface area contributed by atoms with Crippen molar-refractivity contribution in [1.82, 2.24) is 16.0 Å². The van der Waals surface area contributed by atoms with Gasteiger partial charge in [0.25, 0.3) is 0 Å². The first-order valence-electron chi connectivity index (χ1n) is 5.84. The minimum absolute atomic E-state index is 0.0713. The summed E-state index contributed by atoms with van der Waals surface area (Å²) in [5.41, 5.74) is 0. The van der Waals surface area contributed by atoms with Crippen molar-refractivity contribution in [3.8, 4) is 0 Å². The second kappa shape index (κ2) is 8.10. The minimum Gasteiger partial charge on any atom is -0.355 e. The van der Waals surface area contributed by atoms with E-state index < -0.39 is 0 Å². The predicted octanol–water partition coefficient (Wildman–Crippen LogP) is 0.0153. The molecule has 5 nitrogen and oxygen atoms in total. The SMILES string of the molecule is CCCNC(=O)C(C)NC(C)C(=O)NCC. The number of hydrogen-bond donors (Lipinski definition) is 3. The van der Waals surface area contributed by atoms with Gasteiger partial charge in [-0.2, -0.15) is 0 Å². The van der Waals surface area contributed by atoms with Crippen LogP contribution >= 0.6 is 0 Å². The van der Waals surface area contributed by atoms with Crippen molar-refractivity contribution < 1.29 is 9.59 Å². The van der Waals surface area contributed by atoms with Crippen molar-refractivity contribution in [2.75, 3.05) is 13.1 Å². The van der Waals surface area contributed by atoms with E-state index in [1.54, 1.807) is 13.8 Å². The molecular formula is C11H23N3O2. The average Bonchev–Trinajstić information content (AvgIpc) is 2.25. The van der Waals surface area contributed by atoms with Gasteiger partial charge >= 0.3 is 0 Å². The third-order valence-corrected chi connectivity index (χ3v) is 2.19. The van der Waals surface area contributed by atoms with Gasteiger partial charge in [0.1, 0.15) is 0 Å². The van der Waals surface area contributed by atoms with Gasteiger partial charge in [-0.1, -0.05) is 6.92 Å². The largest absolute Gasteiger partial charge is 0.355 e.